The van der Waals surface area contributed by atoms with Gasteiger partial charge in [0.05, 0.1) is 16.3 Å². The van der Waals surface area contributed by atoms with E-state index in [1.165, 1.54) is 6.92 Å². The molecule has 0 bridgehead atoms. The summed E-state index contributed by atoms with van der Waals surface area (Å²) in [5.74, 6) is -0.508. The van der Waals surface area contributed by atoms with Gasteiger partial charge in [0, 0.05) is 35.3 Å². The fraction of sp³-hybridized carbons (Fsp3) is 0.227. The van der Waals surface area contributed by atoms with Crippen LogP contribution in [0.1, 0.15) is 46.7 Å². The van der Waals surface area contributed by atoms with Gasteiger partial charge in [-0.25, -0.2) is 9.98 Å². The Morgan fingerprint density at radius 3 is 2.74 bits per heavy atom. The largest absolute Gasteiger partial charge is 0.857 e. The van der Waals surface area contributed by atoms with Crippen LogP contribution in [0.25, 0.3) is 21.3 Å². The highest BCUT2D eigenvalue weighted by molar-refractivity contribution is 7.21. The first-order chi connectivity index (χ1) is 14.9. The fourth-order valence-electron chi connectivity index (χ4n) is 3.71. The third kappa shape index (κ3) is 3.36. The second-order valence-corrected chi connectivity index (χ2v) is 8.56. The van der Waals surface area contributed by atoms with Crippen molar-refractivity contribution in [3.05, 3.63) is 52.7 Å². The summed E-state index contributed by atoms with van der Waals surface area (Å²) in [5.41, 5.74) is 9.32. The van der Waals surface area contributed by atoms with Crippen molar-refractivity contribution >= 4 is 44.8 Å². The second-order valence-electron chi connectivity index (χ2n) is 7.56. The standard InChI is InChI=1S/C22H19N5O3S/c1-11-16(12(2)28)17(13-6-4-3-5-7-13)18-19(23)20(31-22(18)24-11)21(29)25-15-10-27(26-30-15)14-8-9-14/h3-7,10,14H,8-9H2,1-2H3,(H2-,23,25,26,29). The molecule has 1 fully saturated rings. The summed E-state index contributed by atoms with van der Waals surface area (Å²) in [7, 11) is 0. The van der Waals surface area contributed by atoms with Gasteiger partial charge in [-0.2, -0.15) is 0 Å². The van der Waals surface area contributed by atoms with Crippen molar-refractivity contribution < 1.29 is 19.1 Å². The summed E-state index contributed by atoms with van der Waals surface area (Å²) in [6.45, 7) is 3.29. The van der Waals surface area contributed by atoms with E-state index in [0.717, 1.165) is 29.7 Å². The van der Waals surface area contributed by atoms with E-state index >= 15 is 0 Å². The van der Waals surface area contributed by atoms with Gasteiger partial charge in [-0.05, 0) is 24.1 Å². The Hall–Kier alpha value is -3.59. The van der Waals surface area contributed by atoms with Gasteiger partial charge in [0.2, 0.25) is 5.27 Å². The number of rotatable bonds is 5. The van der Waals surface area contributed by atoms with Crippen molar-refractivity contribution in [2.24, 2.45) is 4.99 Å². The van der Waals surface area contributed by atoms with Gasteiger partial charge < -0.3 is 10.8 Å². The third-order valence-electron chi connectivity index (χ3n) is 5.27. The lowest BCUT2D eigenvalue weighted by Gasteiger charge is -2.13. The number of pyridine rings is 1. The lowest BCUT2D eigenvalue weighted by molar-refractivity contribution is -0.765. The molecule has 0 amide bonds. The Morgan fingerprint density at radius 1 is 1.32 bits per heavy atom. The second kappa shape index (κ2) is 7.28. The summed E-state index contributed by atoms with van der Waals surface area (Å²) in [5, 5.41) is 17.4. The van der Waals surface area contributed by atoms with E-state index in [4.69, 9.17) is 10.3 Å². The summed E-state index contributed by atoms with van der Waals surface area (Å²) in [6, 6.07) is 9.83. The molecule has 3 aromatic heterocycles. The van der Waals surface area contributed by atoms with Crippen molar-refractivity contribution in [2.75, 3.05) is 5.73 Å². The Morgan fingerprint density at radius 2 is 2.06 bits per heavy atom. The van der Waals surface area contributed by atoms with Crippen molar-refractivity contribution in [3.8, 4) is 11.1 Å². The predicted octanol–water partition coefficient (Wildman–Crippen LogP) is 3.11. The molecule has 0 unspecified atom stereocenters. The van der Waals surface area contributed by atoms with Crippen LogP contribution < -0.4 is 15.5 Å². The number of aromatic nitrogens is 3. The van der Waals surface area contributed by atoms with Gasteiger partial charge in [0.25, 0.3) is 6.20 Å². The normalized spacial score (nSPS) is 14.3. The quantitative estimate of drug-likeness (QED) is 0.223. The zero-order valence-corrected chi connectivity index (χ0v) is 17.8. The number of aryl methyl sites for hydroxylation is 1. The molecule has 5 rings (SSSR count). The number of benzene rings is 1. The van der Waals surface area contributed by atoms with Gasteiger partial charge in [-0.1, -0.05) is 30.3 Å². The van der Waals surface area contributed by atoms with Gasteiger partial charge in [0.1, 0.15) is 4.83 Å². The number of carbonyl (C=O) groups excluding carboxylic acids is 1. The van der Waals surface area contributed by atoms with E-state index in [1.807, 2.05) is 30.3 Å². The number of hydrogen-bond donors (Lipinski definition) is 1. The molecule has 0 aliphatic heterocycles. The van der Waals surface area contributed by atoms with E-state index in [1.54, 1.807) is 17.8 Å². The average Bonchev–Trinajstić information content (AvgIpc) is 3.41. The molecule has 1 aromatic carbocycles. The fourth-order valence-corrected chi connectivity index (χ4v) is 4.74. The zero-order valence-electron chi connectivity index (χ0n) is 17.0. The molecule has 2 N–H and O–H groups in total. The summed E-state index contributed by atoms with van der Waals surface area (Å²) in [6.07, 6.45) is 3.70. The highest BCUT2D eigenvalue weighted by Crippen LogP contribution is 2.42. The first-order valence-corrected chi connectivity index (χ1v) is 10.7. The van der Waals surface area contributed by atoms with Crippen molar-refractivity contribution in [1.82, 2.24) is 10.3 Å². The molecule has 9 heteroatoms. The number of carbonyl (C=O) groups is 1. The Balaban J connectivity index is 1.70. The van der Waals surface area contributed by atoms with Gasteiger partial charge in [-0.15, -0.1) is 11.3 Å². The lowest BCUT2D eigenvalue weighted by Crippen LogP contribution is -2.32. The Bertz CT molecular complexity index is 1350. The van der Waals surface area contributed by atoms with Crippen LogP contribution in [0.3, 0.4) is 0 Å². The van der Waals surface area contributed by atoms with Crippen LogP contribution in [0.5, 0.6) is 0 Å². The summed E-state index contributed by atoms with van der Waals surface area (Å²) < 4.78 is 6.84. The minimum Gasteiger partial charge on any atom is -0.857 e. The van der Waals surface area contributed by atoms with E-state index in [2.05, 4.69) is 15.2 Å². The maximum atomic E-state index is 12.9. The number of thiophene rings is 1. The van der Waals surface area contributed by atoms with Gasteiger partial charge in [-0.3, -0.25) is 9.32 Å². The molecule has 1 aliphatic carbocycles. The number of nitrogen functional groups attached to an aromatic ring is 1. The maximum Gasteiger partial charge on any atom is 0.320 e. The van der Waals surface area contributed by atoms with Crippen LogP contribution >= 0.6 is 11.3 Å². The third-order valence-corrected chi connectivity index (χ3v) is 6.36. The van der Waals surface area contributed by atoms with Crippen LogP contribution in [-0.2, 0) is 0 Å². The van der Waals surface area contributed by atoms with Crippen LogP contribution in [-0.4, -0.2) is 21.9 Å². The first kappa shape index (κ1) is 19.4. The molecular weight excluding hydrogens is 414 g/mol. The number of ketones is 1. The average molecular weight is 433 g/mol. The lowest BCUT2D eigenvalue weighted by atomic mass is 9.93. The monoisotopic (exact) mass is 433 g/mol. The minimum absolute atomic E-state index is 0.111. The molecule has 1 aliphatic rings. The predicted molar refractivity (Wildman–Crippen MR) is 115 cm³/mol. The molecule has 8 nitrogen and oxygen atoms in total. The smallest absolute Gasteiger partial charge is 0.320 e. The molecule has 156 valence electrons. The Kier molecular flexibility index (Phi) is 4.55. The molecule has 4 aromatic rings. The number of aliphatic imine (C=N–C) groups is 1. The number of hydrogen-bond acceptors (Lipinski definition) is 8. The topological polar surface area (TPSA) is 121 Å². The molecule has 3 heterocycles. The highest BCUT2D eigenvalue weighted by atomic mass is 32.1. The first-order valence-electron chi connectivity index (χ1n) is 9.87. The van der Waals surface area contributed by atoms with E-state index in [-0.39, 0.29) is 22.2 Å². The van der Waals surface area contributed by atoms with Crippen LogP contribution in [0.4, 0.5) is 11.6 Å². The molecule has 0 spiro atoms. The van der Waals surface area contributed by atoms with Gasteiger partial charge >= 0.3 is 5.88 Å². The number of nitrogens with two attached hydrogens (primary N) is 1. The minimum atomic E-state index is -0.527. The van der Waals surface area contributed by atoms with E-state index < -0.39 is 5.90 Å². The van der Waals surface area contributed by atoms with E-state index in [0.29, 0.717) is 33.1 Å². The van der Waals surface area contributed by atoms with Crippen molar-refractivity contribution in [1.29, 1.82) is 0 Å². The molecule has 31 heavy (non-hydrogen) atoms. The molecule has 0 radical (unpaired) electrons. The van der Waals surface area contributed by atoms with Crippen LogP contribution in [0, 0.1) is 6.92 Å². The number of anilines is 1. The highest BCUT2D eigenvalue weighted by Gasteiger charge is 2.35. The summed E-state index contributed by atoms with van der Waals surface area (Å²) >= 11 is 1.16. The number of nitrogens with zero attached hydrogens (tertiary/aromatic N) is 4. The molecule has 0 atom stereocenters. The van der Waals surface area contributed by atoms with Crippen LogP contribution in [0.2, 0.25) is 0 Å². The molecule has 0 saturated heterocycles. The maximum absolute atomic E-state index is 12.9. The van der Waals surface area contributed by atoms with Crippen LogP contribution in [0.15, 0.2) is 46.0 Å². The van der Waals surface area contributed by atoms with E-state index in [9.17, 15) is 9.90 Å². The molecule has 1 saturated carbocycles. The van der Waals surface area contributed by atoms with Gasteiger partial charge in [0.15, 0.2) is 11.8 Å². The summed E-state index contributed by atoms with van der Waals surface area (Å²) in [4.78, 5) is 21.9. The van der Waals surface area contributed by atoms with Crippen molar-refractivity contribution in [2.45, 2.75) is 32.7 Å². The number of Topliss-reactive ketones (excluding diaryl/α,β-unsaturated/α-hetero) is 1. The zero-order chi connectivity index (χ0) is 21.7. The van der Waals surface area contributed by atoms with Crippen molar-refractivity contribution in [3.63, 3.8) is 0 Å². The molecular formula is C22H19N5O3S. The number of fused-ring (bicyclic) bond motifs is 1. The SMILES string of the molecule is CC(=O)c1c(C)nc2sc(/C([O-])=N/c3c[n+](C4CC4)no3)c(N)c2c1-c1ccccc1. The Labute approximate surface area is 181 Å².